The van der Waals surface area contributed by atoms with E-state index >= 15 is 0 Å². The fraction of sp³-hybridized carbons (Fsp3) is 0.167. The van der Waals surface area contributed by atoms with Gasteiger partial charge in [0.25, 0.3) is 0 Å². The molecular weight excluding hydrogens is 236 g/mol. The van der Waals surface area contributed by atoms with Crippen LogP contribution in [0.4, 0.5) is 0 Å². The Bertz CT molecular complexity index is 451. The van der Waals surface area contributed by atoms with Gasteiger partial charge in [0.2, 0.25) is 0 Å². The summed E-state index contributed by atoms with van der Waals surface area (Å²) in [5, 5.41) is 0.402. The summed E-state index contributed by atoms with van der Waals surface area (Å²) in [5.41, 5.74) is 0.717. The molecular formula is C12H14O4Si. The predicted molar refractivity (Wildman–Crippen MR) is 66.8 cm³/mol. The van der Waals surface area contributed by atoms with Gasteiger partial charge in [0.15, 0.2) is 5.76 Å². The zero-order valence-electron chi connectivity index (χ0n) is 10.0. The molecule has 0 aliphatic rings. The zero-order chi connectivity index (χ0) is 12.8. The maximum absolute atomic E-state index is 11.0. The number of hydrogen-bond acceptors (Lipinski definition) is 4. The fourth-order valence-corrected chi connectivity index (χ4v) is 2.01. The molecule has 0 atom stereocenters. The van der Waals surface area contributed by atoms with Gasteiger partial charge >= 0.3 is 11.9 Å². The molecule has 0 N–H and O–H groups in total. The van der Waals surface area contributed by atoms with Gasteiger partial charge in [-0.25, -0.2) is 0 Å². The lowest BCUT2D eigenvalue weighted by Gasteiger charge is -2.11. The van der Waals surface area contributed by atoms with E-state index in [0.717, 1.165) is 0 Å². The van der Waals surface area contributed by atoms with Crippen LogP contribution in [0.1, 0.15) is 19.4 Å². The van der Waals surface area contributed by atoms with Gasteiger partial charge in [0.05, 0.1) is 10.2 Å². The largest absolute Gasteiger partial charge is 0.434 e. The Morgan fingerprint density at radius 2 is 1.53 bits per heavy atom. The average molecular weight is 250 g/mol. The molecule has 0 aromatic heterocycles. The monoisotopic (exact) mass is 250 g/mol. The average Bonchev–Trinajstić information content (AvgIpc) is 2.25. The molecule has 0 fully saturated rings. The summed E-state index contributed by atoms with van der Waals surface area (Å²) in [4.78, 5) is 21.9. The summed E-state index contributed by atoms with van der Waals surface area (Å²) in [6.07, 6.45) is 0. The van der Waals surface area contributed by atoms with E-state index < -0.39 is 11.9 Å². The molecule has 0 bridgehead atoms. The zero-order valence-corrected chi connectivity index (χ0v) is 12.0. The lowest BCUT2D eigenvalue weighted by atomic mass is 10.2. The van der Waals surface area contributed by atoms with Crippen molar-refractivity contribution in [3.8, 4) is 0 Å². The maximum Gasteiger partial charge on any atom is 0.308 e. The lowest BCUT2D eigenvalue weighted by molar-refractivity contribution is -0.138. The van der Waals surface area contributed by atoms with E-state index in [2.05, 4.69) is 0 Å². The highest BCUT2D eigenvalue weighted by Crippen LogP contribution is 2.19. The van der Waals surface area contributed by atoms with Crippen LogP contribution in [0.2, 0.25) is 0 Å². The summed E-state index contributed by atoms with van der Waals surface area (Å²) < 4.78 is 10.1. The van der Waals surface area contributed by atoms with Crippen molar-refractivity contribution < 1.29 is 19.1 Å². The molecule has 0 radical (unpaired) electrons. The molecule has 0 saturated carbocycles. The summed E-state index contributed by atoms with van der Waals surface area (Å²) in [6.45, 7) is 2.62. The molecule has 1 rings (SSSR count). The van der Waals surface area contributed by atoms with E-state index in [4.69, 9.17) is 9.47 Å². The van der Waals surface area contributed by atoms with Gasteiger partial charge in [-0.15, -0.1) is 0 Å². The van der Waals surface area contributed by atoms with Crippen molar-refractivity contribution in [1.82, 2.24) is 0 Å². The Hall–Kier alpha value is -1.88. The van der Waals surface area contributed by atoms with Crippen LogP contribution in [-0.2, 0) is 19.1 Å². The summed E-state index contributed by atoms with van der Waals surface area (Å²) in [6, 6.07) is 9.08. The molecule has 0 spiro atoms. The molecule has 0 aliphatic heterocycles. The van der Waals surface area contributed by atoms with Crippen molar-refractivity contribution in [3.63, 3.8) is 0 Å². The van der Waals surface area contributed by atoms with Crippen molar-refractivity contribution in [2.24, 2.45) is 0 Å². The van der Waals surface area contributed by atoms with Crippen LogP contribution in [0.25, 0.3) is 5.76 Å². The first-order valence-electron chi connectivity index (χ1n) is 5.14. The van der Waals surface area contributed by atoms with E-state index in [-0.39, 0.29) is 0 Å². The third-order valence-corrected chi connectivity index (χ3v) is 2.56. The Morgan fingerprint density at radius 3 is 2.00 bits per heavy atom. The SMILES string of the molecule is CC(=O)OC([SiH3])=C(OC(C)=O)c1ccccc1. The Balaban J connectivity index is 3.11. The molecule has 0 aliphatic carbocycles. The second kappa shape index (κ2) is 6.00. The minimum Gasteiger partial charge on any atom is -0.434 e. The second-order valence-electron chi connectivity index (χ2n) is 3.44. The third-order valence-electron chi connectivity index (χ3n) is 1.90. The quantitative estimate of drug-likeness (QED) is 0.452. The van der Waals surface area contributed by atoms with Crippen molar-refractivity contribution in [1.29, 1.82) is 0 Å². The first-order chi connectivity index (χ1) is 8.00. The molecule has 1 aromatic rings. The molecule has 17 heavy (non-hydrogen) atoms. The first kappa shape index (κ1) is 13.2. The topological polar surface area (TPSA) is 52.6 Å². The van der Waals surface area contributed by atoms with E-state index in [0.29, 0.717) is 26.9 Å². The van der Waals surface area contributed by atoms with Crippen LogP contribution in [0.15, 0.2) is 35.7 Å². The lowest BCUT2D eigenvalue weighted by Crippen LogP contribution is -2.07. The highest BCUT2D eigenvalue weighted by molar-refractivity contribution is 6.24. The van der Waals surface area contributed by atoms with Gasteiger partial charge in [-0.2, -0.15) is 0 Å². The van der Waals surface area contributed by atoms with Crippen molar-refractivity contribution in [2.75, 3.05) is 0 Å². The van der Waals surface area contributed by atoms with E-state index in [9.17, 15) is 9.59 Å². The van der Waals surface area contributed by atoms with Gasteiger partial charge in [-0.1, -0.05) is 30.3 Å². The number of carbonyl (C=O) groups is 2. The minimum absolute atomic E-state index is 0.319. The standard InChI is InChI=1S/C12H14O4Si/c1-8(13)15-11(12(17)16-9(2)14)10-6-4-3-5-7-10/h3-7H,1-2,17H3. The number of ether oxygens (including phenoxy) is 2. The van der Waals surface area contributed by atoms with Crippen molar-refractivity contribution in [3.05, 3.63) is 41.3 Å². The Labute approximate surface area is 103 Å². The summed E-state index contributed by atoms with van der Waals surface area (Å²) in [5.74, 6) is -0.542. The smallest absolute Gasteiger partial charge is 0.308 e. The highest BCUT2D eigenvalue weighted by atomic mass is 28.1. The highest BCUT2D eigenvalue weighted by Gasteiger charge is 2.12. The van der Waals surface area contributed by atoms with Crippen molar-refractivity contribution in [2.45, 2.75) is 13.8 Å². The minimum atomic E-state index is -0.440. The Morgan fingerprint density at radius 1 is 1.00 bits per heavy atom. The first-order valence-corrected chi connectivity index (χ1v) is 6.14. The van der Waals surface area contributed by atoms with E-state index in [1.54, 1.807) is 12.1 Å². The molecule has 0 unspecified atom stereocenters. The summed E-state index contributed by atoms with van der Waals surface area (Å²) >= 11 is 0. The third kappa shape index (κ3) is 4.24. The normalized spacial score (nSPS) is 11.6. The van der Waals surface area contributed by atoms with Gasteiger partial charge in [0.1, 0.15) is 5.38 Å². The number of benzene rings is 1. The number of esters is 2. The van der Waals surface area contributed by atoms with Gasteiger partial charge in [-0.05, 0) is 0 Å². The van der Waals surface area contributed by atoms with Crippen LogP contribution >= 0.6 is 0 Å². The maximum atomic E-state index is 11.0. The van der Waals surface area contributed by atoms with Crippen LogP contribution in [-0.4, -0.2) is 22.2 Å². The van der Waals surface area contributed by atoms with Crippen molar-refractivity contribution >= 4 is 27.9 Å². The van der Waals surface area contributed by atoms with Gasteiger partial charge in [-0.3, -0.25) is 9.59 Å². The number of hydrogen-bond donors (Lipinski definition) is 0. The van der Waals surface area contributed by atoms with Crippen LogP contribution in [0.3, 0.4) is 0 Å². The number of rotatable bonds is 3. The summed E-state index contributed by atoms with van der Waals surface area (Å²) in [7, 11) is 0.470. The molecule has 0 amide bonds. The van der Waals surface area contributed by atoms with Crippen LogP contribution in [0, 0.1) is 0 Å². The van der Waals surface area contributed by atoms with Crippen LogP contribution in [0.5, 0.6) is 0 Å². The second-order valence-corrected chi connectivity index (χ2v) is 4.35. The molecule has 4 nitrogen and oxygen atoms in total. The molecule has 0 heterocycles. The molecule has 0 saturated heterocycles. The van der Waals surface area contributed by atoms with E-state index in [1.807, 2.05) is 18.2 Å². The molecule has 90 valence electrons. The van der Waals surface area contributed by atoms with Gasteiger partial charge in [0, 0.05) is 19.4 Å². The van der Waals surface area contributed by atoms with Gasteiger partial charge < -0.3 is 9.47 Å². The fourth-order valence-electron chi connectivity index (χ4n) is 1.33. The Kier molecular flexibility index (Phi) is 4.65. The molecule has 5 heteroatoms. The van der Waals surface area contributed by atoms with E-state index in [1.165, 1.54) is 13.8 Å². The van der Waals surface area contributed by atoms with Crippen LogP contribution < -0.4 is 0 Å². The predicted octanol–water partition coefficient (Wildman–Crippen LogP) is 0.804. The number of carbonyl (C=O) groups excluding carboxylic acids is 2. The molecule has 1 aromatic carbocycles.